The molecule has 2 aromatic rings. The largest absolute Gasteiger partial charge is 0.480 e. The maximum atomic E-state index is 15.6. The number of aromatic nitrogens is 3. The molecular weight excluding hydrogens is 575 g/mol. The number of hydrogen-bond acceptors (Lipinski definition) is 10. The topological polar surface area (TPSA) is 133 Å². The summed E-state index contributed by atoms with van der Waals surface area (Å²) in [7, 11) is -2.17. The zero-order valence-corrected chi connectivity index (χ0v) is 25.4. The molecular formula is C28H34F3N5O5S. The van der Waals surface area contributed by atoms with E-state index in [2.05, 4.69) is 24.3 Å². The van der Waals surface area contributed by atoms with Crippen molar-refractivity contribution >= 4 is 27.2 Å². The first-order chi connectivity index (χ1) is 19.3. The Morgan fingerprint density at radius 2 is 1.79 bits per heavy atom. The first kappa shape index (κ1) is 31.5. The van der Waals surface area contributed by atoms with Crippen LogP contribution in [0.5, 0.6) is 5.88 Å². The van der Waals surface area contributed by atoms with Gasteiger partial charge in [-0.3, -0.25) is 19.6 Å². The Morgan fingerprint density at radius 3 is 2.38 bits per heavy atom. The number of esters is 1. The van der Waals surface area contributed by atoms with Gasteiger partial charge in [0.2, 0.25) is 5.88 Å². The molecule has 2 aliphatic rings. The summed E-state index contributed by atoms with van der Waals surface area (Å²) >= 11 is 0. The molecule has 228 valence electrons. The molecule has 2 aromatic heterocycles. The number of aliphatic imine (C=N–C) groups is 1. The fraction of sp³-hybridized carbons (Fsp3) is 0.571. The van der Waals surface area contributed by atoms with Crippen molar-refractivity contribution in [1.82, 2.24) is 15.0 Å². The minimum atomic E-state index is -3.58. The average Bonchev–Trinajstić information content (AvgIpc) is 2.89. The van der Waals surface area contributed by atoms with Gasteiger partial charge in [0.05, 0.1) is 52.1 Å². The molecule has 0 saturated carbocycles. The number of carbonyl (C=O) groups is 2. The molecule has 0 aromatic carbocycles. The second-order valence-corrected chi connectivity index (χ2v) is 15.0. The van der Waals surface area contributed by atoms with Gasteiger partial charge in [-0.25, -0.2) is 31.7 Å². The average molecular weight is 610 g/mol. The first-order valence-electron chi connectivity index (χ1n) is 13.3. The maximum Gasteiger partial charge on any atom is 0.312 e. The third-order valence-electron chi connectivity index (χ3n) is 7.36. The molecule has 0 spiro atoms. The normalized spacial score (nSPS) is 26.3. The van der Waals surface area contributed by atoms with E-state index in [1.807, 2.05) is 0 Å². The molecule has 0 amide bonds. The highest BCUT2D eigenvalue weighted by Gasteiger charge is 2.61. The molecule has 0 unspecified atom stereocenters. The molecule has 10 nitrogen and oxygen atoms in total. The van der Waals surface area contributed by atoms with Crippen molar-refractivity contribution in [3.05, 3.63) is 47.4 Å². The summed E-state index contributed by atoms with van der Waals surface area (Å²) in [6.45, 7) is 8.50. The Kier molecular flexibility index (Phi) is 8.02. The number of ether oxygens (including phenoxy) is 2. The van der Waals surface area contributed by atoms with E-state index in [-0.39, 0.29) is 35.1 Å². The monoisotopic (exact) mass is 609 g/mol. The van der Waals surface area contributed by atoms with Crippen molar-refractivity contribution in [3.8, 4) is 5.88 Å². The minimum absolute atomic E-state index is 0.0144. The molecule has 14 heteroatoms. The summed E-state index contributed by atoms with van der Waals surface area (Å²) in [4.78, 5) is 42.7. The predicted octanol–water partition coefficient (Wildman–Crippen LogP) is 4.50. The van der Waals surface area contributed by atoms with Gasteiger partial charge in [0.1, 0.15) is 34.9 Å². The molecule has 0 radical (unpaired) electrons. The lowest BCUT2D eigenvalue weighted by molar-refractivity contribution is -0.153. The van der Waals surface area contributed by atoms with E-state index in [1.54, 1.807) is 20.8 Å². The first-order valence-corrected chi connectivity index (χ1v) is 14.8. The Balaban J connectivity index is 1.83. The van der Waals surface area contributed by atoms with Gasteiger partial charge in [-0.15, -0.1) is 0 Å². The molecule has 0 bridgehead atoms. The van der Waals surface area contributed by atoms with E-state index < -0.39 is 73.7 Å². The summed E-state index contributed by atoms with van der Waals surface area (Å²) < 4.78 is 72.8. The van der Waals surface area contributed by atoms with E-state index in [1.165, 1.54) is 46.3 Å². The Morgan fingerprint density at radius 1 is 1.10 bits per heavy atom. The zero-order chi connectivity index (χ0) is 31.3. The van der Waals surface area contributed by atoms with E-state index in [4.69, 9.17) is 9.47 Å². The van der Waals surface area contributed by atoms with Crippen molar-refractivity contribution in [2.75, 3.05) is 13.7 Å². The van der Waals surface area contributed by atoms with Gasteiger partial charge in [-0.1, -0.05) is 0 Å². The number of alkyl halides is 2. The number of pyridine rings is 1. The van der Waals surface area contributed by atoms with Crippen LogP contribution in [0.3, 0.4) is 0 Å². The summed E-state index contributed by atoms with van der Waals surface area (Å²) in [5.41, 5.74) is -2.93. The smallest absolute Gasteiger partial charge is 0.312 e. The molecule has 4 rings (SSSR count). The van der Waals surface area contributed by atoms with Crippen LogP contribution in [0, 0.1) is 5.82 Å². The van der Waals surface area contributed by atoms with Gasteiger partial charge in [-0.05, 0) is 53.7 Å². The lowest BCUT2D eigenvalue weighted by Crippen LogP contribution is -2.61. The lowest BCUT2D eigenvalue weighted by atomic mass is 9.87. The Labute approximate surface area is 242 Å². The minimum Gasteiger partial charge on any atom is -0.480 e. The number of methoxy groups -OCH3 is 1. The molecule has 0 aliphatic carbocycles. The van der Waals surface area contributed by atoms with Crippen molar-refractivity contribution < 1.29 is 36.4 Å². The van der Waals surface area contributed by atoms with Crippen LogP contribution in [0.2, 0.25) is 0 Å². The molecule has 0 fully saturated rings. The summed E-state index contributed by atoms with van der Waals surface area (Å²) in [5, 5.41) is -1.45. The molecule has 0 N–H and O–H groups in total. The summed E-state index contributed by atoms with van der Waals surface area (Å²) in [6, 6.07) is 2.34. The van der Waals surface area contributed by atoms with Crippen molar-refractivity contribution in [1.29, 1.82) is 0 Å². The highest BCUT2D eigenvalue weighted by molar-refractivity contribution is 7.96. The Bertz CT molecular complexity index is 1560. The number of rotatable bonds is 7. The number of hydrogen-bond donors (Lipinski definition) is 0. The lowest BCUT2D eigenvalue weighted by Gasteiger charge is -2.49. The van der Waals surface area contributed by atoms with Gasteiger partial charge in [0, 0.05) is 17.8 Å². The number of ketones is 1. The summed E-state index contributed by atoms with van der Waals surface area (Å²) in [6.07, 6.45) is 0.885. The number of halogens is 3. The van der Waals surface area contributed by atoms with Crippen LogP contribution in [0.25, 0.3) is 0 Å². The van der Waals surface area contributed by atoms with E-state index in [0.29, 0.717) is 0 Å². The van der Waals surface area contributed by atoms with Crippen LogP contribution in [0.4, 0.5) is 13.2 Å². The number of fused-ring (bicyclic) bond motifs is 1. The van der Waals surface area contributed by atoms with E-state index >= 15 is 4.39 Å². The number of Topliss-reactive ketones (excluding diaryl/α,β-unsaturated/α-hetero) is 1. The SMILES string of the molecule is COc1cnc(C(=O)Cc2ccc(F)c([C@@]3(C)N=C(CC(=O)OC(C)(C)C)C(C)(C)[S@@]4(=O)=NCC(F)(F)C[C@H]34)n2)cn1. The quantitative estimate of drug-likeness (QED) is 0.331. The van der Waals surface area contributed by atoms with Gasteiger partial charge < -0.3 is 9.47 Å². The van der Waals surface area contributed by atoms with Gasteiger partial charge in [0.15, 0.2) is 5.78 Å². The van der Waals surface area contributed by atoms with Crippen molar-refractivity contribution in [2.45, 2.75) is 87.9 Å². The fourth-order valence-electron chi connectivity index (χ4n) is 5.14. The number of carbonyl (C=O) groups excluding carboxylic acids is 2. The van der Waals surface area contributed by atoms with Crippen molar-refractivity contribution in [3.63, 3.8) is 0 Å². The predicted molar refractivity (Wildman–Crippen MR) is 149 cm³/mol. The third kappa shape index (κ3) is 5.90. The van der Waals surface area contributed by atoms with Crippen LogP contribution in [-0.2, 0) is 31.2 Å². The van der Waals surface area contributed by atoms with Crippen LogP contribution < -0.4 is 4.74 Å². The standard InChI is InChI=1S/C28H34F3N5O5S/c1-25(2,3)41-23(38)11-20-26(4,5)42(39)21(12-28(30,31)15-34-42)27(6,36-20)24-17(29)9-8-16(35-24)10-19(37)18-13-33-22(40-7)14-32-18/h8-9,13-14,21H,10-12,15H2,1-7H3/t21-,27+,42-/m1/s1. The van der Waals surface area contributed by atoms with E-state index in [0.717, 1.165) is 6.07 Å². The second-order valence-electron chi connectivity index (χ2n) is 12.1. The molecule has 42 heavy (non-hydrogen) atoms. The molecule has 3 atom stereocenters. The molecule has 0 saturated heterocycles. The van der Waals surface area contributed by atoms with Gasteiger partial charge in [0.25, 0.3) is 5.92 Å². The van der Waals surface area contributed by atoms with Gasteiger partial charge in [-0.2, -0.15) is 0 Å². The third-order valence-corrected chi connectivity index (χ3v) is 11.0. The van der Waals surface area contributed by atoms with Gasteiger partial charge >= 0.3 is 5.97 Å². The van der Waals surface area contributed by atoms with Crippen molar-refractivity contribution in [2.24, 2.45) is 9.36 Å². The second kappa shape index (κ2) is 10.7. The Hall–Kier alpha value is -3.42. The van der Waals surface area contributed by atoms with Crippen LogP contribution in [0.1, 0.15) is 76.3 Å². The summed E-state index contributed by atoms with van der Waals surface area (Å²) in [5.74, 6) is -5.16. The molecule has 2 aliphatic heterocycles. The highest BCUT2D eigenvalue weighted by Crippen LogP contribution is 2.50. The van der Waals surface area contributed by atoms with Crippen LogP contribution >= 0.6 is 0 Å². The van der Waals surface area contributed by atoms with Crippen LogP contribution in [-0.4, -0.2) is 71.8 Å². The van der Waals surface area contributed by atoms with Crippen LogP contribution in [0.15, 0.2) is 33.9 Å². The number of nitrogens with zero attached hydrogens (tertiary/aromatic N) is 5. The molecule has 4 heterocycles. The zero-order valence-electron chi connectivity index (χ0n) is 24.5. The highest BCUT2D eigenvalue weighted by atomic mass is 32.2. The maximum absolute atomic E-state index is 15.6. The fourth-order valence-corrected chi connectivity index (χ4v) is 8.45. The van der Waals surface area contributed by atoms with E-state index in [9.17, 15) is 22.6 Å².